The molecule has 0 unspecified atom stereocenters. The summed E-state index contributed by atoms with van der Waals surface area (Å²) in [4.78, 5) is 0. The number of rotatable bonds is 4. The molecule has 12 heavy (non-hydrogen) atoms. The number of aliphatic hydroxyl groups is 2. The first kappa shape index (κ1) is 9.96. The van der Waals surface area contributed by atoms with E-state index in [9.17, 15) is 0 Å². The van der Waals surface area contributed by atoms with Crippen LogP contribution < -0.4 is 5.32 Å². The van der Waals surface area contributed by atoms with E-state index in [1.54, 1.807) is 0 Å². The van der Waals surface area contributed by atoms with Crippen LogP contribution in [0.15, 0.2) is 0 Å². The van der Waals surface area contributed by atoms with Crippen LogP contribution in [0.5, 0.6) is 0 Å². The molecule has 0 radical (unpaired) electrons. The highest BCUT2D eigenvalue weighted by atomic mass is 16.3. The number of nitrogens with one attached hydrogen (secondary N) is 1. The Morgan fingerprint density at radius 2 is 2.00 bits per heavy atom. The SMILES string of the molecule is C[C@H]1CC[C@@H](NC(CO)CO)C1. The minimum absolute atomic E-state index is 0.0291. The smallest absolute Gasteiger partial charge is 0.0607 e. The van der Waals surface area contributed by atoms with Gasteiger partial charge in [0.1, 0.15) is 0 Å². The predicted molar refractivity (Wildman–Crippen MR) is 47.9 cm³/mol. The molecule has 1 rings (SSSR count). The van der Waals surface area contributed by atoms with E-state index >= 15 is 0 Å². The number of hydrogen-bond donors (Lipinski definition) is 3. The zero-order chi connectivity index (χ0) is 8.97. The maximum absolute atomic E-state index is 8.83. The van der Waals surface area contributed by atoms with Crippen molar-refractivity contribution >= 4 is 0 Å². The van der Waals surface area contributed by atoms with Crippen molar-refractivity contribution in [1.29, 1.82) is 0 Å². The Balaban J connectivity index is 2.21. The lowest BCUT2D eigenvalue weighted by Crippen LogP contribution is -2.41. The van der Waals surface area contributed by atoms with Gasteiger partial charge in [-0.1, -0.05) is 6.92 Å². The standard InChI is InChI=1S/C9H19NO2/c1-7-2-3-8(4-7)10-9(5-11)6-12/h7-12H,2-6H2,1H3/t7-,8+/m0/s1. The molecule has 1 aliphatic carbocycles. The van der Waals surface area contributed by atoms with Crippen LogP contribution in [0.3, 0.4) is 0 Å². The van der Waals surface area contributed by atoms with Gasteiger partial charge in [0.25, 0.3) is 0 Å². The first-order valence-corrected chi connectivity index (χ1v) is 4.74. The van der Waals surface area contributed by atoms with Crippen LogP contribution in [0.2, 0.25) is 0 Å². The van der Waals surface area contributed by atoms with Crippen molar-refractivity contribution in [3.8, 4) is 0 Å². The molecule has 3 heteroatoms. The van der Waals surface area contributed by atoms with E-state index in [1.807, 2.05) is 0 Å². The van der Waals surface area contributed by atoms with E-state index in [0.717, 1.165) is 5.92 Å². The largest absolute Gasteiger partial charge is 0.395 e. The molecule has 72 valence electrons. The molecule has 3 nitrogen and oxygen atoms in total. The maximum atomic E-state index is 8.83. The fourth-order valence-electron chi connectivity index (χ4n) is 1.85. The topological polar surface area (TPSA) is 52.5 Å². The molecule has 1 saturated carbocycles. The van der Waals surface area contributed by atoms with Crippen LogP contribution in [-0.4, -0.2) is 35.5 Å². The third-order valence-corrected chi connectivity index (χ3v) is 2.61. The Hall–Kier alpha value is -0.120. The van der Waals surface area contributed by atoms with Crippen LogP contribution >= 0.6 is 0 Å². The Morgan fingerprint density at radius 1 is 1.33 bits per heavy atom. The molecule has 3 N–H and O–H groups in total. The minimum atomic E-state index is -0.125. The third kappa shape index (κ3) is 2.73. The summed E-state index contributed by atoms with van der Waals surface area (Å²) in [7, 11) is 0. The highest BCUT2D eigenvalue weighted by Crippen LogP contribution is 2.24. The average Bonchev–Trinajstić information content (AvgIpc) is 2.47. The predicted octanol–water partition coefficient (Wildman–Crippen LogP) is 0.118. The van der Waals surface area contributed by atoms with Crippen LogP contribution in [0.4, 0.5) is 0 Å². The van der Waals surface area contributed by atoms with Gasteiger partial charge in [0.15, 0.2) is 0 Å². The van der Waals surface area contributed by atoms with Crippen molar-refractivity contribution in [2.24, 2.45) is 5.92 Å². The lowest BCUT2D eigenvalue weighted by atomic mass is 10.1. The molecule has 0 saturated heterocycles. The van der Waals surface area contributed by atoms with Gasteiger partial charge in [-0.05, 0) is 25.2 Å². The van der Waals surface area contributed by atoms with E-state index in [-0.39, 0.29) is 19.3 Å². The Labute approximate surface area is 73.8 Å². The molecule has 0 aromatic carbocycles. The lowest BCUT2D eigenvalue weighted by Gasteiger charge is -2.18. The molecule has 0 heterocycles. The van der Waals surface area contributed by atoms with Crippen LogP contribution in [0.1, 0.15) is 26.2 Å². The van der Waals surface area contributed by atoms with Gasteiger partial charge in [0.05, 0.1) is 19.3 Å². The lowest BCUT2D eigenvalue weighted by molar-refractivity contribution is 0.161. The fourth-order valence-corrected chi connectivity index (χ4v) is 1.85. The summed E-state index contributed by atoms with van der Waals surface area (Å²) in [5.41, 5.74) is 0. The number of aliphatic hydroxyl groups excluding tert-OH is 2. The van der Waals surface area contributed by atoms with Gasteiger partial charge < -0.3 is 15.5 Å². The van der Waals surface area contributed by atoms with E-state index in [4.69, 9.17) is 10.2 Å². The van der Waals surface area contributed by atoms with Crippen molar-refractivity contribution < 1.29 is 10.2 Å². The Morgan fingerprint density at radius 3 is 2.42 bits per heavy atom. The van der Waals surface area contributed by atoms with Gasteiger partial charge in [0, 0.05) is 6.04 Å². The Bertz CT molecular complexity index is 126. The second-order valence-corrected chi connectivity index (χ2v) is 3.84. The van der Waals surface area contributed by atoms with Gasteiger partial charge >= 0.3 is 0 Å². The first-order chi connectivity index (χ1) is 5.76. The highest BCUT2D eigenvalue weighted by Gasteiger charge is 2.22. The van der Waals surface area contributed by atoms with Gasteiger partial charge in [-0.3, -0.25) is 0 Å². The quantitative estimate of drug-likeness (QED) is 0.566. The van der Waals surface area contributed by atoms with Crippen LogP contribution in [-0.2, 0) is 0 Å². The molecule has 0 bridgehead atoms. The summed E-state index contributed by atoms with van der Waals surface area (Å²) in [6.07, 6.45) is 3.62. The molecule has 0 aromatic heterocycles. The summed E-state index contributed by atoms with van der Waals surface area (Å²) in [5.74, 6) is 0.792. The summed E-state index contributed by atoms with van der Waals surface area (Å²) in [6.45, 7) is 2.30. The monoisotopic (exact) mass is 173 g/mol. The van der Waals surface area contributed by atoms with Gasteiger partial charge in [0.2, 0.25) is 0 Å². The van der Waals surface area contributed by atoms with Crippen molar-refractivity contribution in [2.75, 3.05) is 13.2 Å². The minimum Gasteiger partial charge on any atom is -0.395 e. The van der Waals surface area contributed by atoms with E-state index < -0.39 is 0 Å². The van der Waals surface area contributed by atoms with Crippen LogP contribution in [0, 0.1) is 5.92 Å². The zero-order valence-electron chi connectivity index (χ0n) is 7.66. The zero-order valence-corrected chi connectivity index (χ0v) is 7.66. The van der Waals surface area contributed by atoms with Crippen molar-refractivity contribution in [3.05, 3.63) is 0 Å². The Kier molecular flexibility index (Phi) is 3.98. The van der Waals surface area contributed by atoms with Crippen molar-refractivity contribution in [2.45, 2.75) is 38.3 Å². The summed E-state index contributed by atoms with van der Waals surface area (Å²) >= 11 is 0. The molecule has 0 spiro atoms. The van der Waals surface area contributed by atoms with E-state index in [2.05, 4.69) is 12.2 Å². The average molecular weight is 173 g/mol. The van der Waals surface area contributed by atoms with Crippen molar-refractivity contribution in [1.82, 2.24) is 5.32 Å². The summed E-state index contributed by atoms with van der Waals surface area (Å²) in [5, 5.41) is 20.9. The van der Waals surface area contributed by atoms with E-state index in [1.165, 1.54) is 19.3 Å². The summed E-state index contributed by atoms with van der Waals surface area (Å²) in [6, 6.07) is 0.379. The van der Waals surface area contributed by atoms with Gasteiger partial charge in [-0.25, -0.2) is 0 Å². The summed E-state index contributed by atoms with van der Waals surface area (Å²) < 4.78 is 0. The van der Waals surface area contributed by atoms with Gasteiger partial charge in [-0.15, -0.1) is 0 Å². The molecule has 1 fully saturated rings. The molecular weight excluding hydrogens is 154 g/mol. The molecule has 0 aromatic rings. The normalized spacial score (nSPS) is 30.0. The second kappa shape index (κ2) is 4.80. The first-order valence-electron chi connectivity index (χ1n) is 4.74. The second-order valence-electron chi connectivity index (χ2n) is 3.84. The van der Waals surface area contributed by atoms with E-state index in [0.29, 0.717) is 6.04 Å². The third-order valence-electron chi connectivity index (χ3n) is 2.61. The molecule has 0 aliphatic heterocycles. The molecule has 2 atom stereocenters. The van der Waals surface area contributed by atoms with Gasteiger partial charge in [-0.2, -0.15) is 0 Å². The molecule has 0 amide bonds. The fraction of sp³-hybridized carbons (Fsp3) is 1.00. The molecular formula is C9H19NO2. The van der Waals surface area contributed by atoms with Crippen molar-refractivity contribution in [3.63, 3.8) is 0 Å². The number of hydrogen-bond acceptors (Lipinski definition) is 3. The molecule has 1 aliphatic rings. The van der Waals surface area contributed by atoms with Crippen LogP contribution in [0.25, 0.3) is 0 Å². The maximum Gasteiger partial charge on any atom is 0.0607 e. The highest BCUT2D eigenvalue weighted by molar-refractivity contribution is 4.81.